The Kier molecular flexibility index (Phi) is 9.87. The van der Waals surface area contributed by atoms with Gasteiger partial charge in [0.2, 0.25) is 0 Å². The van der Waals surface area contributed by atoms with Gasteiger partial charge in [-0.1, -0.05) is 13.8 Å². The third kappa shape index (κ3) is 6.94. The van der Waals surface area contributed by atoms with Crippen molar-refractivity contribution in [3.05, 3.63) is 39.7 Å². The third-order valence-electron chi connectivity index (χ3n) is 4.83. The molecule has 1 aliphatic rings. The standard InChI is InChI=1S/C20H31N5O2S.HI/c1-14(2)16-13-28-19(24-16)12-23-20(21-4)22-11-17(18-6-5-15(3)27-18)25-7-9-26-10-8-25;/h5-6,13-14,17H,7-12H2,1-4H3,(H2,21,22,23);1H. The molecule has 3 rings (SSSR count). The van der Waals surface area contributed by atoms with E-state index in [-0.39, 0.29) is 30.0 Å². The minimum Gasteiger partial charge on any atom is -0.465 e. The van der Waals surface area contributed by atoms with Crippen molar-refractivity contribution < 1.29 is 9.15 Å². The summed E-state index contributed by atoms with van der Waals surface area (Å²) in [5.74, 6) is 3.13. The molecular formula is C20H32IN5O2S. The summed E-state index contributed by atoms with van der Waals surface area (Å²) >= 11 is 1.68. The van der Waals surface area contributed by atoms with Crippen LogP contribution in [0.25, 0.3) is 0 Å². The highest BCUT2D eigenvalue weighted by molar-refractivity contribution is 14.0. The molecule has 3 heterocycles. The number of rotatable bonds is 7. The topological polar surface area (TPSA) is 74.9 Å². The maximum Gasteiger partial charge on any atom is 0.191 e. The van der Waals surface area contributed by atoms with Crippen LogP contribution in [0.3, 0.4) is 0 Å². The van der Waals surface area contributed by atoms with Crippen LogP contribution in [0.15, 0.2) is 26.9 Å². The normalized spacial score (nSPS) is 16.5. The number of aliphatic imine (C=N–C) groups is 1. The lowest BCUT2D eigenvalue weighted by atomic mass is 10.1. The Morgan fingerprint density at radius 3 is 2.62 bits per heavy atom. The van der Waals surface area contributed by atoms with Gasteiger partial charge in [0.05, 0.1) is 31.5 Å². The van der Waals surface area contributed by atoms with Gasteiger partial charge < -0.3 is 19.8 Å². The van der Waals surface area contributed by atoms with Crippen molar-refractivity contribution in [3.8, 4) is 0 Å². The molecule has 2 aromatic heterocycles. The molecule has 0 amide bonds. The van der Waals surface area contributed by atoms with E-state index in [9.17, 15) is 0 Å². The molecule has 2 N–H and O–H groups in total. The number of aromatic nitrogens is 1. The van der Waals surface area contributed by atoms with E-state index in [0.29, 0.717) is 19.0 Å². The van der Waals surface area contributed by atoms with Crippen molar-refractivity contribution in [3.63, 3.8) is 0 Å². The lowest BCUT2D eigenvalue weighted by molar-refractivity contribution is 0.0124. The summed E-state index contributed by atoms with van der Waals surface area (Å²) in [7, 11) is 1.79. The van der Waals surface area contributed by atoms with Crippen LogP contribution in [-0.2, 0) is 11.3 Å². The van der Waals surface area contributed by atoms with Gasteiger partial charge in [0, 0.05) is 32.1 Å². The van der Waals surface area contributed by atoms with Gasteiger partial charge in [-0.25, -0.2) is 4.98 Å². The molecule has 1 fully saturated rings. The fourth-order valence-electron chi connectivity index (χ4n) is 3.18. The quantitative estimate of drug-likeness (QED) is 0.323. The number of thiazole rings is 1. The molecule has 2 aromatic rings. The van der Waals surface area contributed by atoms with Gasteiger partial charge in [0.25, 0.3) is 0 Å². The third-order valence-corrected chi connectivity index (χ3v) is 5.70. The molecule has 0 radical (unpaired) electrons. The lowest BCUT2D eigenvalue weighted by Gasteiger charge is -2.33. The maximum atomic E-state index is 5.93. The van der Waals surface area contributed by atoms with Crippen molar-refractivity contribution in [2.24, 2.45) is 4.99 Å². The van der Waals surface area contributed by atoms with Gasteiger partial charge in [0.1, 0.15) is 16.5 Å². The Labute approximate surface area is 194 Å². The number of hydrogen-bond acceptors (Lipinski definition) is 6. The Morgan fingerprint density at radius 1 is 1.28 bits per heavy atom. The first-order chi connectivity index (χ1) is 13.6. The lowest BCUT2D eigenvalue weighted by Crippen LogP contribution is -2.46. The van der Waals surface area contributed by atoms with E-state index in [2.05, 4.69) is 50.8 Å². The number of guanidine groups is 1. The van der Waals surface area contributed by atoms with Crippen molar-refractivity contribution >= 4 is 41.3 Å². The highest BCUT2D eigenvalue weighted by Gasteiger charge is 2.25. The van der Waals surface area contributed by atoms with E-state index in [1.165, 1.54) is 0 Å². The molecule has 0 saturated carbocycles. The Bertz CT molecular complexity index is 771. The minimum absolute atomic E-state index is 0. The van der Waals surface area contributed by atoms with Crippen LogP contribution in [0.5, 0.6) is 0 Å². The first kappa shape index (κ1) is 24.1. The Balaban J connectivity index is 0.00000300. The Morgan fingerprint density at radius 2 is 2.03 bits per heavy atom. The van der Waals surface area contributed by atoms with Crippen molar-refractivity contribution in [1.82, 2.24) is 20.5 Å². The molecule has 0 aliphatic carbocycles. The highest BCUT2D eigenvalue weighted by Crippen LogP contribution is 2.23. The number of nitrogens with one attached hydrogen (secondary N) is 2. The summed E-state index contributed by atoms with van der Waals surface area (Å²) < 4.78 is 11.4. The number of aryl methyl sites for hydroxylation is 1. The molecule has 0 aromatic carbocycles. The van der Waals surface area contributed by atoms with Crippen LogP contribution in [-0.4, -0.2) is 55.7 Å². The zero-order chi connectivity index (χ0) is 19.9. The van der Waals surface area contributed by atoms with E-state index >= 15 is 0 Å². The smallest absolute Gasteiger partial charge is 0.191 e. The molecule has 29 heavy (non-hydrogen) atoms. The fourth-order valence-corrected chi connectivity index (χ4v) is 4.07. The summed E-state index contributed by atoms with van der Waals surface area (Å²) in [4.78, 5) is 11.4. The summed E-state index contributed by atoms with van der Waals surface area (Å²) in [6.45, 7) is 11.0. The van der Waals surface area contributed by atoms with E-state index in [0.717, 1.165) is 54.5 Å². The highest BCUT2D eigenvalue weighted by atomic mass is 127. The number of furan rings is 1. The molecule has 0 spiro atoms. The zero-order valence-corrected chi connectivity index (χ0v) is 20.8. The molecule has 9 heteroatoms. The van der Waals surface area contributed by atoms with Crippen LogP contribution in [0.2, 0.25) is 0 Å². The molecule has 0 bridgehead atoms. The van der Waals surface area contributed by atoms with Crippen LogP contribution in [0, 0.1) is 6.92 Å². The molecule has 1 unspecified atom stereocenters. The fraction of sp³-hybridized carbons (Fsp3) is 0.600. The summed E-state index contributed by atoms with van der Waals surface area (Å²) in [6, 6.07) is 4.23. The second kappa shape index (κ2) is 11.9. The molecule has 1 saturated heterocycles. The number of halogens is 1. The minimum atomic E-state index is 0. The van der Waals surface area contributed by atoms with Gasteiger partial charge in [0.15, 0.2) is 5.96 Å². The number of ether oxygens (including phenoxy) is 1. The summed E-state index contributed by atoms with van der Waals surface area (Å²) in [6.07, 6.45) is 0. The Hall–Kier alpha value is -1.17. The molecule has 1 aliphatic heterocycles. The summed E-state index contributed by atoms with van der Waals surface area (Å²) in [5, 5.41) is 10.0. The average Bonchev–Trinajstić information content (AvgIpc) is 3.34. The predicted octanol–water partition coefficient (Wildman–Crippen LogP) is 3.52. The molecule has 162 valence electrons. The van der Waals surface area contributed by atoms with Crippen molar-refractivity contribution in [1.29, 1.82) is 0 Å². The van der Waals surface area contributed by atoms with E-state index in [1.807, 2.05) is 13.0 Å². The van der Waals surface area contributed by atoms with Crippen molar-refractivity contribution in [2.45, 2.75) is 39.3 Å². The first-order valence-electron chi connectivity index (χ1n) is 9.83. The van der Waals surface area contributed by atoms with Gasteiger partial charge in [-0.15, -0.1) is 35.3 Å². The molecular weight excluding hydrogens is 501 g/mol. The molecule has 7 nitrogen and oxygen atoms in total. The van der Waals surface area contributed by atoms with Gasteiger partial charge in [-0.05, 0) is 25.0 Å². The zero-order valence-electron chi connectivity index (χ0n) is 17.6. The van der Waals surface area contributed by atoms with Crippen LogP contribution in [0.1, 0.15) is 48.0 Å². The number of hydrogen-bond donors (Lipinski definition) is 2. The monoisotopic (exact) mass is 533 g/mol. The largest absolute Gasteiger partial charge is 0.465 e. The van der Waals surface area contributed by atoms with E-state index in [4.69, 9.17) is 9.15 Å². The SMILES string of the molecule is CN=C(NCc1nc(C(C)C)cs1)NCC(c1ccc(C)o1)N1CCOCC1.I. The number of morpholine rings is 1. The number of nitrogens with zero attached hydrogens (tertiary/aromatic N) is 3. The van der Waals surface area contributed by atoms with Gasteiger partial charge in [-0.2, -0.15) is 0 Å². The van der Waals surface area contributed by atoms with Gasteiger partial charge >= 0.3 is 0 Å². The van der Waals surface area contributed by atoms with E-state index < -0.39 is 0 Å². The van der Waals surface area contributed by atoms with Gasteiger partial charge in [-0.3, -0.25) is 9.89 Å². The predicted molar refractivity (Wildman–Crippen MR) is 128 cm³/mol. The van der Waals surface area contributed by atoms with Crippen LogP contribution < -0.4 is 10.6 Å². The van der Waals surface area contributed by atoms with Crippen molar-refractivity contribution in [2.75, 3.05) is 39.9 Å². The van der Waals surface area contributed by atoms with E-state index in [1.54, 1.807) is 18.4 Å². The average molecular weight is 533 g/mol. The van der Waals surface area contributed by atoms with Crippen LogP contribution >= 0.6 is 35.3 Å². The second-order valence-corrected chi connectivity index (χ2v) is 8.18. The van der Waals surface area contributed by atoms with Crippen LogP contribution in [0.4, 0.5) is 0 Å². The molecule has 1 atom stereocenters. The first-order valence-corrected chi connectivity index (χ1v) is 10.7. The summed E-state index contributed by atoms with van der Waals surface area (Å²) in [5.41, 5.74) is 1.14. The maximum absolute atomic E-state index is 5.93. The second-order valence-electron chi connectivity index (χ2n) is 7.24.